The van der Waals surface area contributed by atoms with Crippen LogP contribution in [0.4, 0.5) is 5.69 Å². The van der Waals surface area contributed by atoms with Crippen LogP contribution in [0.15, 0.2) is 48.5 Å². The molecule has 6 heteroatoms. The van der Waals surface area contributed by atoms with E-state index in [2.05, 4.69) is 5.32 Å². The first kappa shape index (κ1) is 17.3. The number of carbonyl (C=O) groups is 2. The Morgan fingerprint density at radius 3 is 2.26 bits per heavy atom. The fraction of sp³-hybridized carbons (Fsp3) is 0.176. The molecule has 120 valence electrons. The highest BCUT2D eigenvalue weighted by Crippen LogP contribution is 2.25. The summed E-state index contributed by atoms with van der Waals surface area (Å²) < 4.78 is 5.13. The Morgan fingerprint density at radius 1 is 1.04 bits per heavy atom. The molecular weight excluding hydrogens is 337 g/mol. The van der Waals surface area contributed by atoms with E-state index >= 15 is 0 Å². The van der Waals surface area contributed by atoms with Crippen LogP contribution in [-0.2, 0) is 20.7 Å². The van der Waals surface area contributed by atoms with Gasteiger partial charge in [0.05, 0.1) is 6.42 Å². The molecular formula is C17H15Cl2NO3. The first-order valence-electron chi connectivity index (χ1n) is 6.95. The van der Waals surface area contributed by atoms with E-state index in [4.69, 9.17) is 27.9 Å². The van der Waals surface area contributed by atoms with Gasteiger partial charge in [0.1, 0.15) is 0 Å². The minimum atomic E-state index is -0.927. The minimum absolute atomic E-state index is 0.0958. The molecule has 0 saturated heterocycles. The summed E-state index contributed by atoms with van der Waals surface area (Å²) in [6.07, 6.45) is -1.02. The molecule has 2 rings (SSSR count). The summed E-state index contributed by atoms with van der Waals surface area (Å²) in [6.45, 7) is 1.50. The lowest BCUT2D eigenvalue weighted by Crippen LogP contribution is -2.30. The largest absolute Gasteiger partial charge is 0.452 e. The number of hydrogen-bond donors (Lipinski definition) is 1. The number of para-hydroxylation sites is 1. The molecule has 0 aliphatic heterocycles. The van der Waals surface area contributed by atoms with Crippen LogP contribution in [-0.4, -0.2) is 18.0 Å². The molecule has 4 nitrogen and oxygen atoms in total. The number of ether oxygens (including phenoxy) is 1. The fourth-order valence-corrected chi connectivity index (χ4v) is 2.43. The van der Waals surface area contributed by atoms with Crippen LogP contribution in [0.2, 0.25) is 10.0 Å². The number of carbonyl (C=O) groups excluding carboxylic acids is 2. The monoisotopic (exact) mass is 351 g/mol. The standard InChI is InChI=1S/C17H15Cl2NO3/c1-11(17(22)20-12-6-3-2-4-7-12)23-16(21)10-13-14(18)8-5-9-15(13)19/h2-9,11H,10H2,1H3,(H,20,22)/t11-/m1/s1. The van der Waals surface area contributed by atoms with Gasteiger partial charge in [-0.05, 0) is 31.2 Å². The Hall–Kier alpha value is -2.04. The van der Waals surface area contributed by atoms with Gasteiger partial charge in [0.15, 0.2) is 6.10 Å². The van der Waals surface area contributed by atoms with E-state index in [0.29, 0.717) is 21.3 Å². The molecule has 0 spiro atoms. The van der Waals surface area contributed by atoms with E-state index in [9.17, 15) is 9.59 Å². The van der Waals surface area contributed by atoms with Crippen molar-refractivity contribution in [1.29, 1.82) is 0 Å². The van der Waals surface area contributed by atoms with Gasteiger partial charge in [-0.25, -0.2) is 0 Å². The normalized spacial score (nSPS) is 11.6. The molecule has 2 aromatic rings. The van der Waals surface area contributed by atoms with Crippen LogP contribution < -0.4 is 5.32 Å². The Kier molecular flexibility index (Phi) is 6.02. The molecule has 1 amide bonds. The summed E-state index contributed by atoms with van der Waals surface area (Å²) >= 11 is 12.0. The van der Waals surface area contributed by atoms with Crippen molar-refractivity contribution >= 4 is 40.8 Å². The Morgan fingerprint density at radius 2 is 1.65 bits per heavy atom. The number of halogens is 2. The average Bonchev–Trinajstić information content (AvgIpc) is 2.52. The molecule has 0 saturated carbocycles. The second-order valence-corrected chi connectivity index (χ2v) is 5.68. The molecule has 23 heavy (non-hydrogen) atoms. The second-order valence-electron chi connectivity index (χ2n) is 4.86. The molecule has 0 fully saturated rings. The van der Waals surface area contributed by atoms with Crippen molar-refractivity contribution in [3.05, 3.63) is 64.1 Å². The average molecular weight is 352 g/mol. The van der Waals surface area contributed by atoms with Crippen LogP contribution >= 0.6 is 23.2 Å². The van der Waals surface area contributed by atoms with Crippen molar-refractivity contribution in [2.75, 3.05) is 5.32 Å². The van der Waals surface area contributed by atoms with Crippen LogP contribution in [0.25, 0.3) is 0 Å². The van der Waals surface area contributed by atoms with Crippen LogP contribution in [0.3, 0.4) is 0 Å². The minimum Gasteiger partial charge on any atom is -0.452 e. The molecule has 0 aromatic heterocycles. The first-order chi connectivity index (χ1) is 11.0. The van der Waals surface area contributed by atoms with Crippen LogP contribution in [0, 0.1) is 0 Å². The zero-order valence-electron chi connectivity index (χ0n) is 12.4. The van der Waals surface area contributed by atoms with Gasteiger partial charge in [0.25, 0.3) is 5.91 Å². The quantitative estimate of drug-likeness (QED) is 0.824. The maximum Gasteiger partial charge on any atom is 0.311 e. The molecule has 2 aromatic carbocycles. The molecule has 0 unspecified atom stereocenters. The first-order valence-corrected chi connectivity index (χ1v) is 7.71. The van der Waals surface area contributed by atoms with E-state index in [1.165, 1.54) is 6.92 Å². The van der Waals surface area contributed by atoms with Gasteiger partial charge in [-0.3, -0.25) is 9.59 Å². The topological polar surface area (TPSA) is 55.4 Å². The van der Waals surface area contributed by atoms with Crippen molar-refractivity contribution in [3.63, 3.8) is 0 Å². The number of nitrogens with one attached hydrogen (secondary N) is 1. The van der Waals surface area contributed by atoms with Gasteiger partial charge in [0, 0.05) is 21.3 Å². The SMILES string of the molecule is C[C@@H](OC(=O)Cc1c(Cl)cccc1Cl)C(=O)Nc1ccccc1. The van der Waals surface area contributed by atoms with Crippen LogP contribution in [0.5, 0.6) is 0 Å². The van der Waals surface area contributed by atoms with Crippen molar-refractivity contribution in [3.8, 4) is 0 Å². The lowest BCUT2D eigenvalue weighted by atomic mass is 10.1. The summed E-state index contributed by atoms with van der Waals surface area (Å²) in [4.78, 5) is 24.0. The van der Waals surface area contributed by atoms with Gasteiger partial charge in [0.2, 0.25) is 0 Å². The van der Waals surface area contributed by atoms with E-state index in [1.54, 1.807) is 42.5 Å². The molecule has 0 aliphatic rings. The molecule has 0 heterocycles. The van der Waals surface area contributed by atoms with Gasteiger partial charge >= 0.3 is 5.97 Å². The summed E-state index contributed by atoms with van der Waals surface area (Å²) in [5.41, 5.74) is 1.12. The highest BCUT2D eigenvalue weighted by molar-refractivity contribution is 6.36. The maximum absolute atomic E-state index is 12.0. The van der Waals surface area contributed by atoms with Gasteiger partial charge in [-0.15, -0.1) is 0 Å². The zero-order valence-corrected chi connectivity index (χ0v) is 13.9. The van der Waals surface area contributed by atoms with Gasteiger partial charge in [-0.2, -0.15) is 0 Å². The maximum atomic E-state index is 12.0. The highest BCUT2D eigenvalue weighted by atomic mass is 35.5. The van der Waals surface area contributed by atoms with E-state index in [-0.39, 0.29) is 6.42 Å². The molecule has 1 N–H and O–H groups in total. The molecule has 0 aliphatic carbocycles. The van der Waals surface area contributed by atoms with Crippen molar-refractivity contribution in [1.82, 2.24) is 0 Å². The van der Waals surface area contributed by atoms with E-state index in [1.807, 2.05) is 6.07 Å². The Balaban J connectivity index is 1.93. The third-order valence-corrected chi connectivity index (χ3v) is 3.81. The van der Waals surface area contributed by atoms with Gasteiger partial charge in [-0.1, -0.05) is 47.5 Å². The number of amides is 1. The predicted octanol–water partition coefficient (Wildman–Crippen LogP) is 4.11. The fourth-order valence-electron chi connectivity index (χ4n) is 1.90. The number of hydrogen-bond acceptors (Lipinski definition) is 3. The highest BCUT2D eigenvalue weighted by Gasteiger charge is 2.19. The van der Waals surface area contributed by atoms with Crippen molar-refractivity contribution < 1.29 is 14.3 Å². The smallest absolute Gasteiger partial charge is 0.311 e. The molecule has 1 atom stereocenters. The summed E-state index contributed by atoms with van der Waals surface area (Å²) in [7, 11) is 0. The predicted molar refractivity (Wildman–Crippen MR) is 90.8 cm³/mol. The Bertz CT molecular complexity index is 684. The van der Waals surface area contributed by atoms with E-state index in [0.717, 1.165) is 0 Å². The molecule has 0 radical (unpaired) electrons. The third kappa shape index (κ3) is 4.98. The van der Waals surface area contributed by atoms with Crippen LogP contribution in [0.1, 0.15) is 12.5 Å². The number of benzene rings is 2. The molecule has 0 bridgehead atoms. The summed E-state index contributed by atoms with van der Waals surface area (Å²) in [6, 6.07) is 13.9. The summed E-state index contributed by atoms with van der Waals surface area (Å²) in [5, 5.41) is 3.44. The number of rotatable bonds is 5. The third-order valence-electron chi connectivity index (χ3n) is 3.10. The lowest BCUT2D eigenvalue weighted by molar-refractivity contribution is -0.152. The summed E-state index contributed by atoms with van der Waals surface area (Å²) in [5.74, 6) is -0.981. The number of esters is 1. The van der Waals surface area contributed by atoms with Gasteiger partial charge < -0.3 is 10.1 Å². The lowest BCUT2D eigenvalue weighted by Gasteiger charge is -2.14. The number of anilines is 1. The van der Waals surface area contributed by atoms with Crippen molar-refractivity contribution in [2.24, 2.45) is 0 Å². The second kappa shape index (κ2) is 7.99. The Labute approximate surface area is 144 Å². The van der Waals surface area contributed by atoms with E-state index < -0.39 is 18.0 Å². The zero-order chi connectivity index (χ0) is 16.8. The van der Waals surface area contributed by atoms with Crippen molar-refractivity contribution in [2.45, 2.75) is 19.4 Å².